The fourth-order valence-electron chi connectivity index (χ4n) is 2.29. The van der Waals surface area contributed by atoms with Crippen LogP contribution < -0.4 is 4.90 Å². The van der Waals surface area contributed by atoms with Crippen molar-refractivity contribution in [1.82, 2.24) is 10.1 Å². The van der Waals surface area contributed by atoms with E-state index in [4.69, 9.17) is 4.52 Å². The lowest BCUT2D eigenvalue weighted by Gasteiger charge is -2.18. The van der Waals surface area contributed by atoms with Gasteiger partial charge in [-0.2, -0.15) is 4.98 Å². The molecule has 0 aliphatic heterocycles. The lowest BCUT2D eigenvalue weighted by molar-refractivity contribution is 0.378. The van der Waals surface area contributed by atoms with E-state index in [1.54, 1.807) is 11.3 Å². The number of hydrogen-bond acceptors (Lipinski definition) is 5. The maximum atomic E-state index is 5.34. The van der Waals surface area contributed by atoms with E-state index in [1.807, 2.05) is 24.6 Å². The molecule has 0 spiro atoms. The molecule has 0 saturated heterocycles. The molecular formula is C16H17N3OS. The van der Waals surface area contributed by atoms with Crippen LogP contribution >= 0.6 is 11.3 Å². The van der Waals surface area contributed by atoms with E-state index in [0.717, 1.165) is 10.6 Å². The number of anilines is 1. The zero-order valence-corrected chi connectivity index (χ0v) is 13.1. The molecule has 2 heterocycles. The summed E-state index contributed by atoms with van der Waals surface area (Å²) in [5.74, 6) is 1.29. The third kappa shape index (κ3) is 3.13. The first kappa shape index (κ1) is 13.8. The molecule has 0 aliphatic rings. The molecule has 0 amide bonds. The van der Waals surface area contributed by atoms with Gasteiger partial charge in [-0.3, -0.25) is 0 Å². The predicted molar refractivity (Wildman–Crippen MR) is 85.6 cm³/mol. The van der Waals surface area contributed by atoms with Crippen molar-refractivity contribution >= 4 is 17.0 Å². The third-order valence-electron chi connectivity index (χ3n) is 3.23. The Kier molecular flexibility index (Phi) is 3.75. The third-order valence-corrected chi connectivity index (χ3v) is 4.10. The highest BCUT2D eigenvalue weighted by Crippen LogP contribution is 2.23. The number of nitrogens with zero attached hydrogens (tertiary/aromatic N) is 3. The summed E-state index contributed by atoms with van der Waals surface area (Å²) in [5, 5.41) is 6.05. The van der Waals surface area contributed by atoms with Crippen molar-refractivity contribution in [2.24, 2.45) is 0 Å². The van der Waals surface area contributed by atoms with E-state index >= 15 is 0 Å². The van der Waals surface area contributed by atoms with Gasteiger partial charge in [0.25, 0.3) is 0 Å². The molecule has 2 aromatic heterocycles. The van der Waals surface area contributed by atoms with Crippen LogP contribution in [0.2, 0.25) is 0 Å². The number of aryl methyl sites for hydroxylation is 2. The number of hydrogen-bond donors (Lipinski definition) is 0. The molecule has 1 aromatic carbocycles. The second kappa shape index (κ2) is 5.69. The average molecular weight is 299 g/mol. The predicted octanol–water partition coefficient (Wildman–Crippen LogP) is 4.05. The summed E-state index contributed by atoms with van der Waals surface area (Å²) in [6.45, 7) is 4.80. The molecule has 5 heteroatoms. The van der Waals surface area contributed by atoms with Gasteiger partial charge in [0.1, 0.15) is 0 Å². The number of aromatic nitrogens is 2. The molecule has 3 rings (SSSR count). The zero-order chi connectivity index (χ0) is 14.8. The van der Waals surface area contributed by atoms with E-state index in [1.165, 1.54) is 11.1 Å². The summed E-state index contributed by atoms with van der Waals surface area (Å²) in [4.78, 5) is 7.60. The molecule has 0 N–H and O–H groups in total. The SMILES string of the molecule is Cc1cc(C)cc(N(C)Cc2nc(-c3cccs3)no2)c1. The van der Waals surface area contributed by atoms with Gasteiger partial charge >= 0.3 is 0 Å². The molecule has 0 bridgehead atoms. The monoisotopic (exact) mass is 299 g/mol. The minimum Gasteiger partial charge on any atom is -0.365 e. The maximum absolute atomic E-state index is 5.34. The molecule has 0 fully saturated rings. The Bertz CT molecular complexity index is 714. The van der Waals surface area contributed by atoms with Gasteiger partial charge in [0, 0.05) is 12.7 Å². The number of benzene rings is 1. The van der Waals surface area contributed by atoms with Crippen molar-refractivity contribution in [2.45, 2.75) is 20.4 Å². The van der Waals surface area contributed by atoms with Crippen molar-refractivity contribution in [1.29, 1.82) is 0 Å². The molecule has 3 aromatic rings. The fourth-order valence-corrected chi connectivity index (χ4v) is 2.94. The van der Waals surface area contributed by atoms with Crippen LogP contribution in [0.5, 0.6) is 0 Å². The molecule has 0 aliphatic carbocycles. The Labute approximate surface area is 128 Å². The molecule has 0 unspecified atom stereocenters. The first-order chi connectivity index (χ1) is 10.1. The van der Waals surface area contributed by atoms with Gasteiger partial charge in [-0.25, -0.2) is 0 Å². The number of rotatable bonds is 4. The van der Waals surface area contributed by atoms with E-state index in [-0.39, 0.29) is 0 Å². The van der Waals surface area contributed by atoms with Gasteiger partial charge < -0.3 is 9.42 Å². The van der Waals surface area contributed by atoms with Crippen molar-refractivity contribution in [3.8, 4) is 10.7 Å². The van der Waals surface area contributed by atoms with Crippen LogP contribution in [-0.2, 0) is 6.54 Å². The summed E-state index contributed by atoms with van der Waals surface area (Å²) >= 11 is 1.61. The van der Waals surface area contributed by atoms with Crippen molar-refractivity contribution in [2.75, 3.05) is 11.9 Å². The summed E-state index contributed by atoms with van der Waals surface area (Å²) in [6.07, 6.45) is 0. The standard InChI is InChI=1S/C16H17N3OS/c1-11-7-12(2)9-13(8-11)19(3)10-15-17-16(18-20-15)14-5-4-6-21-14/h4-9H,10H2,1-3H3. The molecule has 21 heavy (non-hydrogen) atoms. The fraction of sp³-hybridized carbons (Fsp3) is 0.250. The summed E-state index contributed by atoms with van der Waals surface area (Å²) in [7, 11) is 2.03. The minimum absolute atomic E-state index is 0.598. The second-order valence-electron chi connectivity index (χ2n) is 5.19. The molecule has 4 nitrogen and oxygen atoms in total. The Balaban J connectivity index is 1.77. The smallest absolute Gasteiger partial charge is 0.246 e. The lowest BCUT2D eigenvalue weighted by atomic mass is 10.1. The van der Waals surface area contributed by atoms with Crippen LogP contribution in [0.3, 0.4) is 0 Å². The van der Waals surface area contributed by atoms with Crippen LogP contribution in [0.1, 0.15) is 17.0 Å². The molecule has 0 atom stereocenters. The first-order valence-corrected chi connectivity index (χ1v) is 7.65. The van der Waals surface area contributed by atoms with Crippen molar-refractivity contribution in [3.05, 3.63) is 52.7 Å². The normalized spacial score (nSPS) is 10.8. The van der Waals surface area contributed by atoms with E-state index in [0.29, 0.717) is 18.3 Å². The largest absolute Gasteiger partial charge is 0.365 e. The molecular weight excluding hydrogens is 282 g/mol. The van der Waals surface area contributed by atoms with Gasteiger partial charge in [-0.1, -0.05) is 17.3 Å². The van der Waals surface area contributed by atoms with Crippen LogP contribution in [-0.4, -0.2) is 17.2 Å². The topological polar surface area (TPSA) is 42.2 Å². The molecule has 0 radical (unpaired) electrons. The Morgan fingerprint density at radius 3 is 2.62 bits per heavy atom. The summed E-state index contributed by atoms with van der Waals surface area (Å²) in [5.41, 5.74) is 3.66. The number of thiophene rings is 1. The van der Waals surface area contributed by atoms with Crippen molar-refractivity contribution in [3.63, 3.8) is 0 Å². The van der Waals surface area contributed by atoms with Gasteiger partial charge in [-0.05, 0) is 48.6 Å². The van der Waals surface area contributed by atoms with Gasteiger partial charge in [0.2, 0.25) is 11.7 Å². The van der Waals surface area contributed by atoms with Crippen LogP contribution in [0.4, 0.5) is 5.69 Å². The average Bonchev–Trinajstić information content (AvgIpc) is 3.07. The highest BCUT2D eigenvalue weighted by Gasteiger charge is 2.12. The Morgan fingerprint density at radius 1 is 1.19 bits per heavy atom. The maximum Gasteiger partial charge on any atom is 0.246 e. The first-order valence-electron chi connectivity index (χ1n) is 6.78. The van der Waals surface area contributed by atoms with Gasteiger partial charge in [0.05, 0.1) is 11.4 Å². The zero-order valence-electron chi connectivity index (χ0n) is 12.3. The van der Waals surface area contributed by atoms with Gasteiger partial charge in [0.15, 0.2) is 0 Å². The summed E-state index contributed by atoms with van der Waals surface area (Å²) < 4.78 is 5.34. The van der Waals surface area contributed by atoms with E-state index in [9.17, 15) is 0 Å². The highest BCUT2D eigenvalue weighted by atomic mass is 32.1. The molecule has 0 saturated carbocycles. The lowest BCUT2D eigenvalue weighted by Crippen LogP contribution is -2.16. The van der Waals surface area contributed by atoms with Crippen LogP contribution in [0.15, 0.2) is 40.2 Å². The van der Waals surface area contributed by atoms with E-state index in [2.05, 4.69) is 47.1 Å². The highest BCUT2D eigenvalue weighted by molar-refractivity contribution is 7.13. The van der Waals surface area contributed by atoms with Crippen LogP contribution in [0.25, 0.3) is 10.7 Å². The van der Waals surface area contributed by atoms with E-state index < -0.39 is 0 Å². The summed E-state index contributed by atoms with van der Waals surface area (Å²) in [6, 6.07) is 10.5. The Hall–Kier alpha value is -2.14. The van der Waals surface area contributed by atoms with Crippen molar-refractivity contribution < 1.29 is 4.52 Å². The quantitative estimate of drug-likeness (QED) is 0.729. The minimum atomic E-state index is 0.598. The molecule has 108 valence electrons. The Morgan fingerprint density at radius 2 is 1.95 bits per heavy atom. The van der Waals surface area contributed by atoms with Gasteiger partial charge in [-0.15, -0.1) is 11.3 Å². The second-order valence-corrected chi connectivity index (χ2v) is 6.14. The van der Waals surface area contributed by atoms with Crippen LogP contribution in [0, 0.1) is 13.8 Å².